The lowest BCUT2D eigenvalue weighted by atomic mass is 10.1. The van der Waals surface area contributed by atoms with Crippen molar-refractivity contribution in [1.82, 2.24) is 29.7 Å². The molecule has 4 heterocycles. The summed E-state index contributed by atoms with van der Waals surface area (Å²) in [6.07, 6.45) is 2.60. The van der Waals surface area contributed by atoms with Crippen molar-refractivity contribution in [2.75, 3.05) is 24.7 Å². The summed E-state index contributed by atoms with van der Waals surface area (Å²) < 4.78 is 34.8. The average Bonchev–Trinajstić information content (AvgIpc) is 3.85. The summed E-state index contributed by atoms with van der Waals surface area (Å²) in [6, 6.07) is -2.37. The van der Waals surface area contributed by atoms with E-state index >= 15 is 0 Å². The Bertz CT molecular complexity index is 2650. The minimum Gasteiger partial charge on any atom is -0.460 e. The lowest BCUT2D eigenvalue weighted by molar-refractivity contribution is -0.165. The molecule has 2 aromatic heterocycles. The second-order valence-corrected chi connectivity index (χ2v) is 22.9. The molecule has 26 nitrogen and oxygen atoms in total. The van der Waals surface area contributed by atoms with E-state index in [2.05, 4.69) is 38.4 Å². The van der Waals surface area contributed by atoms with Crippen molar-refractivity contribution in [3.63, 3.8) is 0 Å². The highest BCUT2D eigenvalue weighted by molar-refractivity contribution is 14.1. The topological polar surface area (TPSA) is 385 Å². The van der Waals surface area contributed by atoms with E-state index in [-0.39, 0.29) is 62.3 Å². The molecule has 2 unspecified atom stereocenters. The molecule has 10 N–H and O–H groups in total. The third-order valence-corrected chi connectivity index (χ3v) is 10.7. The van der Waals surface area contributed by atoms with Gasteiger partial charge in [-0.3, -0.25) is 28.3 Å². The number of nitrogens with one attached hydrogen (secondary N) is 2. The van der Waals surface area contributed by atoms with Crippen LogP contribution in [0.4, 0.5) is 11.6 Å². The third-order valence-electron chi connectivity index (χ3n) is 9.90. The number of terminal acetylenes is 1. The molecule has 0 aliphatic carbocycles. The zero-order valence-corrected chi connectivity index (χ0v) is 48.2. The zero-order chi connectivity index (χ0) is 59.7. The van der Waals surface area contributed by atoms with Crippen LogP contribution in [0.1, 0.15) is 146 Å². The maximum Gasteiger partial charge on any atom is 0.351 e. The van der Waals surface area contributed by atoms with Gasteiger partial charge < -0.3 is 70.9 Å². The van der Waals surface area contributed by atoms with E-state index in [0.29, 0.717) is 3.57 Å². The Morgan fingerprint density at radius 3 is 1.49 bits per heavy atom. The molecule has 0 radical (unpaired) electrons. The summed E-state index contributed by atoms with van der Waals surface area (Å²) in [4.78, 5) is 104. The largest absolute Gasteiger partial charge is 0.460 e. The Morgan fingerprint density at radius 1 is 0.705 bits per heavy atom. The zero-order valence-electron chi connectivity index (χ0n) is 46.0. The number of nitrogens with zero attached hydrogens (tertiary/aromatic N) is 4. The number of aromatic nitrogens is 4. The number of carbonyl (C=O) groups is 6. The molecule has 0 bridgehead atoms. The first-order chi connectivity index (χ1) is 35.8. The van der Waals surface area contributed by atoms with Crippen molar-refractivity contribution >= 4 is 69.9 Å². The Labute approximate surface area is 466 Å². The second-order valence-electron chi connectivity index (χ2n) is 21.7. The van der Waals surface area contributed by atoms with E-state index in [1.807, 2.05) is 22.6 Å². The van der Waals surface area contributed by atoms with Crippen LogP contribution in [-0.2, 0) is 57.2 Å². The number of amides is 2. The van der Waals surface area contributed by atoms with Gasteiger partial charge in [0.1, 0.15) is 70.8 Å². The molecule has 2 aliphatic rings. The second kappa shape index (κ2) is 29.7. The van der Waals surface area contributed by atoms with Gasteiger partial charge in [-0.05, 0) is 106 Å². The van der Waals surface area contributed by atoms with Crippen LogP contribution in [0.3, 0.4) is 0 Å². The molecule has 0 saturated carbocycles. The van der Waals surface area contributed by atoms with Gasteiger partial charge >= 0.3 is 35.3 Å². The van der Waals surface area contributed by atoms with Crippen molar-refractivity contribution in [2.45, 2.75) is 199 Å². The van der Waals surface area contributed by atoms with Crippen LogP contribution in [0, 0.1) is 27.8 Å². The van der Waals surface area contributed by atoms with Crippen molar-refractivity contribution < 1.29 is 77.6 Å². The molecule has 2 aromatic rings. The number of rotatable bonds is 15. The van der Waals surface area contributed by atoms with Crippen LogP contribution >= 0.6 is 22.6 Å². The summed E-state index contributed by atoms with van der Waals surface area (Å²) >= 11 is 1.96. The van der Waals surface area contributed by atoms with Gasteiger partial charge in [-0.25, -0.2) is 19.2 Å². The molecule has 434 valence electrons. The van der Waals surface area contributed by atoms with Gasteiger partial charge in [-0.2, -0.15) is 9.97 Å². The number of halogens is 1. The highest BCUT2D eigenvalue weighted by Crippen LogP contribution is 2.29. The molecule has 27 heteroatoms. The maximum absolute atomic E-state index is 12.6. The Kier molecular flexibility index (Phi) is 25.8. The lowest BCUT2D eigenvalue weighted by Gasteiger charge is -2.25. The SMILES string of the molecule is C#CCC(=O)NC(CC(=O)OC(C)(C)C)C(=O)OC(C)(C)C.CC(C)(C)OC(=O)CC(NC(=O)CCC#Cc1cn([C@H]2C[C@@H](O)[C@@H](CO)O2)c(=O)nc1N)C(=O)OC(C)(C)C.Nc1nc(=O)n([C@H]2C[C@@H](O)[C@@H](CO)O2)cc1I. The van der Waals surface area contributed by atoms with E-state index in [0.717, 1.165) is 4.57 Å². The Balaban J connectivity index is 0.000000447. The predicted molar refractivity (Wildman–Crippen MR) is 288 cm³/mol. The molecule has 0 spiro atoms. The fraction of sp³-hybridized carbons (Fsp3) is 0.647. The van der Waals surface area contributed by atoms with Crippen LogP contribution in [0.2, 0.25) is 0 Å². The van der Waals surface area contributed by atoms with Gasteiger partial charge in [0.25, 0.3) is 0 Å². The summed E-state index contributed by atoms with van der Waals surface area (Å²) in [7, 11) is 0. The standard InChI is InChI=1S/C26H38N4O9.C16H25NO5.C9H12IN3O4/c1-25(2,3)38-21(34)11-16(23(35)39-26(4,5)6)28-19(33)10-8-7-9-15-13-30(24(36)29-22(15)27)20-12-17(32)18(14-31)37-20;1-8-9-12(18)17-11(14(20)22-16(5,6)7)10-13(19)21-15(2,3)4;10-4-2-13(9(16)12-8(4)11)7-1-5(15)6(3-14)17-7/h13,16-18,20,31-32H,8,10-12,14H2,1-6H3,(H,28,33)(H2,27,29,36);1,11H,9-10H2,2-7H3,(H,17,18);2,5-7,14-15H,1,3H2,(H2,11,12,16)/t16?,17-,18-,20-;;5-,6-,7-/m1.1/s1. The minimum absolute atomic E-state index is 0.0586. The normalized spacial score (nSPS) is 19.8. The number of esters is 4. The summed E-state index contributed by atoms with van der Waals surface area (Å²) in [5, 5.41) is 42.7. The highest BCUT2D eigenvalue weighted by atomic mass is 127. The van der Waals surface area contributed by atoms with Crippen molar-refractivity contribution in [2.24, 2.45) is 0 Å². The number of aliphatic hydroxyl groups is 4. The van der Waals surface area contributed by atoms with E-state index in [9.17, 15) is 53.7 Å². The smallest absolute Gasteiger partial charge is 0.351 e. The van der Waals surface area contributed by atoms with Gasteiger partial charge in [0, 0.05) is 38.1 Å². The Hall–Kier alpha value is -6.21. The monoisotopic (exact) mass is 1210 g/mol. The van der Waals surface area contributed by atoms with E-state index in [1.54, 1.807) is 83.1 Å². The van der Waals surface area contributed by atoms with Crippen LogP contribution in [0.25, 0.3) is 0 Å². The minimum atomic E-state index is -1.24. The number of aliphatic hydroxyl groups excluding tert-OH is 4. The molecule has 8 atom stereocenters. The van der Waals surface area contributed by atoms with Crippen LogP contribution in [-0.4, -0.2) is 147 Å². The quantitative estimate of drug-likeness (QED) is 0.0529. The number of nitrogen functional groups attached to an aromatic ring is 2. The van der Waals surface area contributed by atoms with E-state index < -0.39 is 131 Å². The number of hydrogen-bond acceptors (Lipinski definition) is 22. The Morgan fingerprint density at radius 2 is 1.10 bits per heavy atom. The molecular weight excluding hydrogens is 1140 g/mol. The number of carbonyl (C=O) groups excluding carboxylic acids is 6. The molecule has 78 heavy (non-hydrogen) atoms. The summed E-state index contributed by atoms with van der Waals surface area (Å²) in [5.41, 5.74) is 7.29. The first-order valence-electron chi connectivity index (χ1n) is 24.6. The van der Waals surface area contributed by atoms with Gasteiger partial charge in [-0.1, -0.05) is 17.8 Å². The van der Waals surface area contributed by atoms with Gasteiger partial charge in [0.2, 0.25) is 11.8 Å². The maximum atomic E-state index is 12.6. The third kappa shape index (κ3) is 24.6. The molecule has 2 fully saturated rings. The predicted octanol–water partition coefficient (Wildman–Crippen LogP) is 0.795. The fourth-order valence-electron chi connectivity index (χ4n) is 6.72. The fourth-order valence-corrected chi connectivity index (χ4v) is 7.14. The van der Waals surface area contributed by atoms with Crippen LogP contribution < -0.4 is 33.5 Å². The van der Waals surface area contributed by atoms with E-state index in [1.165, 1.54) is 17.0 Å². The summed E-state index contributed by atoms with van der Waals surface area (Å²) in [6.45, 7) is 19.6. The number of hydrogen-bond donors (Lipinski definition) is 8. The van der Waals surface area contributed by atoms with Gasteiger partial charge in [0.05, 0.1) is 53.8 Å². The number of anilines is 2. The van der Waals surface area contributed by atoms with Crippen LogP contribution in [0.5, 0.6) is 0 Å². The molecule has 2 amide bonds. The molecule has 4 rings (SSSR count). The lowest BCUT2D eigenvalue weighted by Crippen LogP contribution is -2.46. The van der Waals surface area contributed by atoms with Gasteiger partial charge in [-0.15, -0.1) is 6.42 Å². The molecular formula is C51H75IN8O18. The van der Waals surface area contributed by atoms with E-state index in [4.69, 9.17) is 51.4 Å². The average molecular weight is 1220 g/mol. The molecule has 2 aliphatic heterocycles. The van der Waals surface area contributed by atoms with Crippen molar-refractivity contribution in [1.29, 1.82) is 0 Å². The highest BCUT2D eigenvalue weighted by Gasteiger charge is 2.37. The van der Waals surface area contributed by atoms with Crippen molar-refractivity contribution in [3.8, 4) is 24.2 Å². The number of nitrogens with two attached hydrogens (primary N) is 2. The van der Waals surface area contributed by atoms with Crippen LogP contribution in [0.15, 0.2) is 22.0 Å². The molecule has 2 saturated heterocycles. The first kappa shape index (κ1) is 67.9. The van der Waals surface area contributed by atoms with Crippen molar-refractivity contribution in [3.05, 3.63) is 42.5 Å². The number of ether oxygens (including phenoxy) is 6. The molecule has 0 aromatic carbocycles. The van der Waals surface area contributed by atoms with Gasteiger partial charge in [0.15, 0.2) is 0 Å². The summed E-state index contributed by atoms with van der Waals surface area (Å²) in [5.74, 6) is 3.93. The first-order valence-corrected chi connectivity index (χ1v) is 25.7.